The summed E-state index contributed by atoms with van der Waals surface area (Å²) in [7, 11) is 0. The van der Waals surface area contributed by atoms with Gasteiger partial charge in [0.1, 0.15) is 11.8 Å². The Bertz CT molecular complexity index is 426. The predicted molar refractivity (Wildman–Crippen MR) is 46.3 cm³/mol. The molecule has 2 aromatic rings. The molecule has 2 heteroatoms. The van der Waals surface area contributed by atoms with Crippen LogP contribution in [0, 0.1) is 6.92 Å². The molecule has 60 valence electrons. The molecule has 2 nitrogen and oxygen atoms in total. The first-order valence-electron chi connectivity index (χ1n) is 3.74. The molecule has 2 rings (SSSR count). The normalized spacial score (nSPS) is 10.4. The number of rotatable bonds is 1. The van der Waals surface area contributed by atoms with Crippen LogP contribution in [0.1, 0.15) is 15.9 Å². The number of furan rings is 1. The highest BCUT2D eigenvalue weighted by Gasteiger charge is 2.03. The minimum atomic E-state index is 0.619. The standard InChI is InChI=1S/C10H8O2/c1-7-2-3-10-9(4-7)8(5-11)6-12-10/h2-6H,1H3. The molecule has 0 aliphatic carbocycles. The lowest BCUT2D eigenvalue weighted by Gasteiger charge is -1.90. The van der Waals surface area contributed by atoms with Crippen molar-refractivity contribution in [1.29, 1.82) is 0 Å². The van der Waals surface area contributed by atoms with Crippen molar-refractivity contribution in [1.82, 2.24) is 0 Å². The molecule has 0 aliphatic rings. The number of carbonyl (C=O) groups excluding carboxylic acids is 1. The SMILES string of the molecule is Cc1ccc2occ(C=O)c2c1. The Morgan fingerprint density at radius 1 is 1.42 bits per heavy atom. The van der Waals surface area contributed by atoms with Crippen molar-refractivity contribution < 1.29 is 9.21 Å². The molecule has 0 unspecified atom stereocenters. The van der Waals surface area contributed by atoms with Crippen molar-refractivity contribution in [3.8, 4) is 0 Å². The van der Waals surface area contributed by atoms with Gasteiger partial charge in [-0.3, -0.25) is 4.79 Å². The number of fused-ring (bicyclic) bond motifs is 1. The zero-order chi connectivity index (χ0) is 8.55. The van der Waals surface area contributed by atoms with Crippen LogP contribution < -0.4 is 0 Å². The van der Waals surface area contributed by atoms with E-state index in [0.29, 0.717) is 5.56 Å². The van der Waals surface area contributed by atoms with Crippen molar-refractivity contribution in [3.63, 3.8) is 0 Å². The van der Waals surface area contributed by atoms with Crippen LogP contribution in [-0.4, -0.2) is 6.29 Å². The highest BCUT2D eigenvalue weighted by atomic mass is 16.3. The molecule has 0 aliphatic heterocycles. The molecule has 1 aromatic carbocycles. The molecule has 1 aromatic heterocycles. The molecule has 0 saturated carbocycles. The molecule has 0 radical (unpaired) electrons. The lowest BCUT2D eigenvalue weighted by Crippen LogP contribution is -1.75. The number of hydrogen-bond donors (Lipinski definition) is 0. The molecular formula is C10H8O2. The topological polar surface area (TPSA) is 30.2 Å². The summed E-state index contributed by atoms with van der Waals surface area (Å²) in [5, 5.41) is 0.894. The zero-order valence-corrected chi connectivity index (χ0v) is 6.70. The third kappa shape index (κ3) is 0.925. The molecule has 0 amide bonds. The van der Waals surface area contributed by atoms with Crippen LogP contribution in [0.25, 0.3) is 11.0 Å². The monoisotopic (exact) mass is 160 g/mol. The second-order valence-electron chi connectivity index (χ2n) is 2.81. The highest BCUT2D eigenvalue weighted by molar-refractivity contribution is 5.96. The van der Waals surface area contributed by atoms with Crippen LogP contribution in [0.5, 0.6) is 0 Å². The molecule has 0 saturated heterocycles. The maximum atomic E-state index is 10.5. The van der Waals surface area contributed by atoms with Gasteiger partial charge in [-0.2, -0.15) is 0 Å². The largest absolute Gasteiger partial charge is 0.464 e. The first-order valence-corrected chi connectivity index (χ1v) is 3.74. The smallest absolute Gasteiger partial charge is 0.153 e. The van der Waals surface area contributed by atoms with Gasteiger partial charge < -0.3 is 4.42 Å². The third-order valence-electron chi connectivity index (χ3n) is 1.89. The van der Waals surface area contributed by atoms with Gasteiger partial charge in [-0.25, -0.2) is 0 Å². The second-order valence-corrected chi connectivity index (χ2v) is 2.81. The van der Waals surface area contributed by atoms with Crippen LogP contribution in [-0.2, 0) is 0 Å². The highest BCUT2D eigenvalue weighted by Crippen LogP contribution is 2.20. The molecule has 1 heterocycles. The van der Waals surface area contributed by atoms with Crippen molar-refractivity contribution in [3.05, 3.63) is 35.6 Å². The molecular weight excluding hydrogens is 152 g/mol. The second kappa shape index (κ2) is 2.48. The lowest BCUT2D eigenvalue weighted by molar-refractivity contribution is 0.112. The molecule has 0 N–H and O–H groups in total. The number of hydrogen-bond acceptors (Lipinski definition) is 2. The van der Waals surface area contributed by atoms with E-state index in [1.54, 1.807) is 0 Å². The predicted octanol–water partition coefficient (Wildman–Crippen LogP) is 2.55. The minimum absolute atomic E-state index is 0.619. The van der Waals surface area contributed by atoms with Gasteiger partial charge in [0.05, 0.1) is 5.56 Å². The van der Waals surface area contributed by atoms with Crippen molar-refractivity contribution >= 4 is 17.3 Å². The van der Waals surface area contributed by atoms with E-state index in [-0.39, 0.29) is 0 Å². The van der Waals surface area contributed by atoms with Gasteiger partial charge in [0, 0.05) is 5.39 Å². The van der Waals surface area contributed by atoms with E-state index >= 15 is 0 Å². The van der Waals surface area contributed by atoms with E-state index in [2.05, 4.69) is 0 Å². The summed E-state index contributed by atoms with van der Waals surface area (Å²) in [6, 6.07) is 5.78. The zero-order valence-electron chi connectivity index (χ0n) is 6.70. The van der Waals surface area contributed by atoms with Gasteiger partial charge in [-0.1, -0.05) is 11.6 Å². The first-order chi connectivity index (χ1) is 5.81. The molecule has 0 atom stereocenters. The number of carbonyl (C=O) groups is 1. The summed E-state index contributed by atoms with van der Waals surface area (Å²) in [4.78, 5) is 10.5. The van der Waals surface area contributed by atoms with Crippen LogP contribution in [0.15, 0.2) is 28.9 Å². The Balaban J connectivity index is 2.83. The van der Waals surface area contributed by atoms with Gasteiger partial charge in [0.25, 0.3) is 0 Å². The van der Waals surface area contributed by atoms with Gasteiger partial charge in [0.15, 0.2) is 6.29 Å². The summed E-state index contributed by atoms with van der Waals surface area (Å²) in [5.41, 5.74) is 2.52. The molecule has 12 heavy (non-hydrogen) atoms. The van der Waals surface area contributed by atoms with Gasteiger partial charge in [0.2, 0.25) is 0 Å². The fourth-order valence-electron chi connectivity index (χ4n) is 1.25. The van der Waals surface area contributed by atoms with Gasteiger partial charge >= 0.3 is 0 Å². The maximum absolute atomic E-state index is 10.5. The number of benzene rings is 1. The van der Waals surface area contributed by atoms with Crippen molar-refractivity contribution in [2.75, 3.05) is 0 Å². The van der Waals surface area contributed by atoms with E-state index < -0.39 is 0 Å². The number of aldehydes is 1. The Kier molecular flexibility index (Phi) is 1.47. The van der Waals surface area contributed by atoms with E-state index in [1.165, 1.54) is 6.26 Å². The van der Waals surface area contributed by atoms with E-state index in [4.69, 9.17) is 4.42 Å². The fraction of sp³-hybridized carbons (Fsp3) is 0.100. The van der Waals surface area contributed by atoms with Crippen LogP contribution >= 0.6 is 0 Å². The van der Waals surface area contributed by atoms with Crippen LogP contribution in [0.2, 0.25) is 0 Å². The Labute approximate surface area is 69.8 Å². The van der Waals surface area contributed by atoms with Gasteiger partial charge in [-0.15, -0.1) is 0 Å². The quantitative estimate of drug-likeness (QED) is 0.600. The maximum Gasteiger partial charge on any atom is 0.153 e. The summed E-state index contributed by atoms with van der Waals surface area (Å²) < 4.78 is 5.16. The molecule has 0 fully saturated rings. The Hall–Kier alpha value is -1.57. The molecule has 0 bridgehead atoms. The average Bonchev–Trinajstić information content (AvgIpc) is 2.46. The summed E-state index contributed by atoms with van der Waals surface area (Å²) in [5.74, 6) is 0. The average molecular weight is 160 g/mol. The van der Waals surface area contributed by atoms with Crippen LogP contribution in [0.4, 0.5) is 0 Å². The lowest BCUT2D eigenvalue weighted by atomic mass is 10.1. The van der Waals surface area contributed by atoms with Crippen LogP contribution in [0.3, 0.4) is 0 Å². The van der Waals surface area contributed by atoms with E-state index in [1.807, 2.05) is 25.1 Å². The third-order valence-corrected chi connectivity index (χ3v) is 1.89. The van der Waals surface area contributed by atoms with Crippen molar-refractivity contribution in [2.45, 2.75) is 6.92 Å². The first kappa shape index (κ1) is 7.10. The molecule has 0 spiro atoms. The number of aryl methyl sites for hydroxylation is 1. The van der Waals surface area contributed by atoms with E-state index in [9.17, 15) is 4.79 Å². The summed E-state index contributed by atoms with van der Waals surface area (Å²) >= 11 is 0. The minimum Gasteiger partial charge on any atom is -0.464 e. The van der Waals surface area contributed by atoms with Crippen molar-refractivity contribution in [2.24, 2.45) is 0 Å². The summed E-state index contributed by atoms with van der Waals surface area (Å²) in [6.45, 7) is 1.99. The Morgan fingerprint density at radius 3 is 3.00 bits per heavy atom. The van der Waals surface area contributed by atoms with Gasteiger partial charge in [-0.05, 0) is 19.1 Å². The summed E-state index contributed by atoms with van der Waals surface area (Å²) in [6.07, 6.45) is 2.29. The van der Waals surface area contributed by atoms with E-state index in [0.717, 1.165) is 22.8 Å². The fourth-order valence-corrected chi connectivity index (χ4v) is 1.25. The Morgan fingerprint density at radius 2 is 2.25 bits per heavy atom.